The van der Waals surface area contributed by atoms with Crippen molar-refractivity contribution in [1.82, 2.24) is 15.0 Å². The van der Waals surface area contributed by atoms with Gasteiger partial charge in [0.25, 0.3) is 0 Å². The maximum absolute atomic E-state index is 14.1. The zero-order valence-corrected chi connectivity index (χ0v) is 17.0. The summed E-state index contributed by atoms with van der Waals surface area (Å²) < 4.78 is 27.7. The summed E-state index contributed by atoms with van der Waals surface area (Å²) in [6, 6.07) is 10.4. The highest BCUT2D eigenvalue weighted by Crippen LogP contribution is 2.29. The number of benzene rings is 2. The molecule has 0 aliphatic rings. The van der Waals surface area contributed by atoms with Gasteiger partial charge in [0, 0.05) is 22.7 Å². The average molecular weight is 475 g/mol. The van der Waals surface area contributed by atoms with E-state index < -0.39 is 17.5 Å². The van der Waals surface area contributed by atoms with Crippen molar-refractivity contribution in [3.63, 3.8) is 0 Å². The van der Waals surface area contributed by atoms with Gasteiger partial charge in [-0.1, -0.05) is 23.7 Å². The first-order valence-corrected chi connectivity index (χ1v) is 9.64. The molecule has 2 aromatic heterocycles. The number of carbonyl (C=O) groups excluding carboxylic acids is 1. The van der Waals surface area contributed by atoms with Crippen molar-refractivity contribution in [3.8, 4) is 11.3 Å². The van der Waals surface area contributed by atoms with E-state index in [4.69, 9.17) is 11.6 Å². The average Bonchev–Trinajstić information content (AvgIpc) is 2.70. The SMILES string of the molecule is O=C(Cc1ccc2ncc(-c3ccc(F)nc3)nc2c1Br)c1c(F)cccc1Cl. The van der Waals surface area contributed by atoms with Crippen LogP contribution in [0.4, 0.5) is 8.78 Å². The number of nitrogens with zero attached hydrogens (tertiary/aromatic N) is 3. The molecule has 0 amide bonds. The van der Waals surface area contributed by atoms with Gasteiger partial charge in [0.1, 0.15) is 11.3 Å². The summed E-state index contributed by atoms with van der Waals surface area (Å²) in [6.07, 6.45) is 2.86. The molecular formula is C21H11BrClF2N3O. The zero-order valence-electron chi connectivity index (χ0n) is 14.7. The van der Waals surface area contributed by atoms with Crippen LogP contribution in [0.15, 0.2) is 59.3 Å². The molecule has 0 unspecified atom stereocenters. The molecule has 0 bridgehead atoms. The van der Waals surface area contributed by atoms with E-state index in [2.05, 4.69) is 30.9 Å². The molecule has 0 fully saturated rings. The standard InChI is InChI=1S/C21H11BrClF2N3O/c22-20-11(8-17(29)19-13(23)2-1-3-14(19)24)4-6-15-21(20)28-16(10-26-15)12-5-7-18(25)27-9-12/h1-7,9-10H,8H2. The lowest BCUT2D eigenvalue weighted by Crippen LogP contribution is -2.08. The van der Waals surface area contributed by atoms with Crippen molar-refractivity contribution in [2.45, 2.75) is 6.42 Å². The van der Waals surface area contributed by atoms with Gasteiger partial charge in [0.15, 0.2) is 5.78 Å². The van der Waals surface area contributed by atoms with Crippen molar-refractivity contribution in [3.05, 3.63) is 87.2 Å². The minimum absolute atomic E-state index is 0.0674. The van der Waals surface area contributed by atoms with Crippen LogP contribution in [0.3, 0.4) is 0 Å². The van der Waals surface area contributed by atoms with E-state index in [0.717, 1.165) is 0 Å². The summed E-state index contributed by atoms with van der Waals surface area (Å²) in [5.74, 6) is -1.69. The Kier molecular flexibility index (Phi) is 5.34. The first-order chi connectivity index (χ1) is 13.9. The van der Waals surface area contributed by atoms with E-state index in [0.29, 0.717) is 32.3 Å². The van der Waals surface area contributed by atoms with Crippen molar-refractivity contribution < 1.29 is 13.6 Å². The number of hydrogen-bond donors (Lipinski definition) is 0. The van der Waals surface area contributed by atoms with Crippen LogP contribution >= 0.6 is 27.5 Å². The number of pyridine rings is 1. The second-order valence-electron chi connectivity index (χ2n) is 6.23. The maximum atomic E-state index is 14.1. The predicted molar refractivity (Wildman–Crippen MR) is 110 cm³/mol. The number of rotatable bonds is 4. The molecule has 8 heteroatoms. The van der Waals surface area contributed by atoms with Crippen LogP contribution in [0, 0.1) is 11.8 Å². The number of carbonyl (C=O) groups is 1. The van der Waals surface area contributed by atoms with Crippen LogP contribution in [-0.2, 0) is 6.42 Å². The number of hydrogen-bond acceptors (Lipinski definition) is 4. The smallest absolute Gasteiger partial charge is 0.212 e. The Morgan fingerprint density at radius 2 is 1.86 bits per heavy atom. The first kappa shape index (κ1) is 19.5. The highest BCUT2D eigenvalue weighted by Gasteiger charge is 2.18. The Labute approximate surface area is 177 Å². The molecule has 0 spiro atoms. The number of fused-ring (bicyclic) bond motifs is 1. The summed E-state index contributed by atoms with van der Waals surface area (Å²) in [6.45, 7) is 0. The van der Waals surface area contributed by atoms with E-state index in [1.54, 1.807) is 24.4 Å². The van der Waals surface area contributed by atoms with Gasteiger partial charge in [-0.25, -0.2) is 14.4 Å². The van der Waals surface area contributed by atoms with Crippen LogP contribution in [0.1, 0.15) is 15.9 Å². The van der Waals surface area contributed by atoms with Gasteiger partial charge in [-0.3, -0.25) is 9.78 Å². The normalized spacial score (nSPS) is 11.0. The molecule has 2 heterocycles. The third-order valence-electron chi connectivity index (χ3n) is 4.35. The lowest BCUT2D eigenvalue weighted by Gasteiger charge is -2.09. The molecule has 0 atom stereocenters. The van der Waals surface area contributed by atoms with Gasteiger partial charge in [-0.05, 0) is 51.8 Å². The van der Waals surface area contributed by atoms with Gasteiger partial charge < -0.3 is 0 Å². The Morgan fingerprint density at radius 3 is 2.59 bits per heavy atom. The summed E-state index contributed by atoms with van der Waals surface area (Å²) in [5.41, 5.74) is 2.72. The third-order valence-corrected chi connectivity index (χ3v) is 5.55. The van der Waals surface area contributed by atoms with E-state index >= 15 is 0 Å². The molecule has 4 rings (SSSR count). The molecule has 144 valence electrons. The lowest BCUT2D eigenvalue weighted by atomic mass is 10.0. The summed E-state index contributed by atoms with van der Waals surface area (Å²) in [5, 5.41) is 0.0674. The third kappa shape index (κ3) is 3.88. The Morgan fingerprint density at radius 1 is 1.03 bits per heavy atom. The number of ketones is 1. The zero-order chi connectivity index (χ0) is 20.5. The van der Waals surface area contributed by atoms with Crippen molar-refractivity contribution >= 4 is 44.3 Å². The second-order valence-corrected chi connectivity index (χ2v) is 7.43. The molecule has 0 saturated carbocycles. The second kappa shape index (κ2) is 7.93. The van der Waals surface area contributed by atoms with Gasteiger partial charge in [-0.2, -0.15) is 4.39 Å². The monoisotopic (exact) mass is 473 g/mol. The van der Waals surface area contributed by atoms with Crippen LogP contribution in [0.25, 0.3) is 22.3 Å². The van der Waals surface area contributed by atoms with E-state index in [-0.39, 0.29) is 17.0 Å². The summed E-state index contributed by atoms with van der Waals surface area (Å²) in [4.78, 5) is 25.2. The molecule has 4 nitrogen and oxygen atoms in total. The fourth-order valence-electron chi connectivity index (χ4n) is 2.92. The summed E-state index contributed by atoms with van der Waals surface area (Å²) in [7, 11) is 0. The number of aromatic nitrogens is 3. The quantitative estimate of drug-likeness (QED) is 0.277. The molecule has 0 aliphatic carbocycles. The Bertz CT molecular complexity index is 1230. The largest absolute Gasteiger partial charge is 0.294 e. The van der Waals surface area contributed by atoms with Crippen molar-refractivity contribution in [2.24, 2.45) is 0 Å². The fourth-order valence-corrected chi connectivity index (χ4v) is 3.75. The van der Waals surface area contributed by atoms with Crippen LogP contribution in [0.5, 0.6) is 0 Å². The van der Waals surface area contributed by atoms with Gasteiger partial charge in [0.05, 0.1) is 28.0 Å². The Hall–Kier alpha value is -2.77. The first-order valence-electron chi connectivity index (χ1n) is 8.47. The van der Waals surface area contributed by atoms with Gasteiger partial charge in [-0.15, -0.1) is 0 Å². The van der Waals surface area contributed by atoms with E-state index in [9.17, 15) is 13.6 Å². The molecule has 2 aromatic carbocycles. The van der Waals surface area contributed by atoms with Gasteiger partial charge >= 0.3 is 0 Å². The van der Waals surface area contributed by atoms with E-state index in [1.807, 2.05) is 0 Å². The molecule has 0 saturated heterocycles. The molecule has 29 heavy (non-hydrogen) atoms. The number of halogens is 4. The topological polar surface area (TPSA) is 55.7 Å². The Balaban J connectivity index is 1.73. The minimum Gasteiger partial charge on any atom is -0.294 e. The minimum atomic E-state index is -0.662. The van der Waals surface area contributed by atoms with Gasteiger partial charge in [0.2, 0.25) is 5.95 Å². The van der Waals surface area contributed by atoms with Crippen molar-refractivity contribution in [2.75, 3.05) is 0 Å². The molecule has 0 aliphatic heterocycles. The van der Waals surface area contributed by atoms with Crippen LogP contribution in [-0.4, -0.2) is 20.7 Å². The molecule has 4 aromatic rings. The van der Waals surface area contributed by atoms with Crippen LogP contribution < -0.4 is 0 Å². The summed E-state index contributed by atoms with van der Waals surface area (Å²) >= 11 is 9.48. The fraction of sp³-hybridized carbons (Fsp3) is 0.0476. The van der Waals surface area contributed by atoms with Crippen LogP contribution in [0.2, 0.25) is 5.02 Å². The lowest BCUT2D eigenvalue weighted by molar-refractivity contribution is 0.0989. The highest BCUT2D eigenvalue weighted by atomic mass is 79.9. The predicted octanol–water partition coefficient (Wildman–Crippen LogP) is 5.81. The molecule has 0 N–H and O–H groups in total. The molecular weight excluding hydrogens is 464 g/mol. The molecule has 0 radical (unpaired) electrons. The van der Waals surface area contributed by atoms with Crippen molar-refractivity contribution in [1.29, 1.82) is 0 Å². The number of Topliss-reactive ketones (excluding diaryl/α,β-unsaturated/α-hetero) is 1. The van der Waals surface area contributed by atoms with E-state index in [1.165, 1.54) is 30.5 Å². The maximum Gasteiger partial charge on any atom is 0.212 e. The highest BCUT2D eigenvalue weighted by molar-refractivity contribution is 9.10.